The minimum Gasteiger partial charge on any atom is -0.355 e. The van der Waals surface area contributed by atoms with E-state index in [1.165, 1.54) is 0 Å². The van der Waals surface area contributed by atoms with Crippen molar-refractivity contribution in [2.24, 2.45) is 5.41 Å². The number of hydrogen-bond acceptors (Lipinski definition) is 6. The molecule has 3 heterocycles. The highest BCUT2D eigenvalue weighted by Gasteiger charge is 2.52. The third-order valence-electron chi connectivity index (χ3n) is 4.58. The first-order valence-corrected chi connectivity index (χ1v) is 8.64. The molecule has 0 aliphatic carbocycles. The number of thiazole rings is 1. The minimum atomic E-state index is -0.470. The van der Waals surface area contributed by atoms with E-state index in [1.54, 1.807) is 11.3 Å². The first kappa shape index (κ1) is 15.2. The van der Waals surface area contributed by atoms with E-state index >= 15 is 0 Å². The van der Waals surface area contributed by atoms with Crippen LogP contribution in [-0.2, 0) is 9.47 Å². The molecular weight excluding hydrogens is 332 g/mol. The molecule has 0 spiro atoms. The Morgan fingerprint density at radius 2 is 2.00 bits per heavy atom. The molecule has 2 saturated heterocycles. The number of rotatable bonds is 2. The fourth-order valence-corrected chi connectivity index (χ4v) is 4.20. The van der Waals surface area contributed by atoms with Crippen molar-refractivity contribution in [2.45, 2.75) is 19.5 Å². The van der Waals surface area contributed by atoms with Crippen molar-refractivity contribution in [1.82, 2.24) is 15.7 Å². The third-order valence-corrected chi connectivity index (χ3v) is 5.89. The van der Waals surface area contributed by atoms with Gasteiger partial charge >= 0.3 is 0 Å². The van der Waals surface area contributed by atoms with Crippen LogP contribution in [0.15, 0.2) is 24.3 Å². The molecule has 8 heteroatoms. The molecule has 2 aliphatic heterocycles. The fraction of sp³-hybridized carbons (Fsp3) is 0.467. The minimum absolute atomic E-state index is 0.249. The Morgan fingerprint density at radius 1 is 1.26 bits per heavy atom. The average Bonchev–Trinajstić information content (AvgIpc) is 3.09. The van der Waals surface area contributed by atoms with Gasteiger partial charge in [0.15, 0.2) is 5.11 Å². The Hall–Kier alpha value is -1.32. The van der Waals surface area contributed by atoms with Crippen molar-refractivity contribution in [3.8, 4) is 0 Å². The van der Waals surface area contributed by atoms with Crippen LogP contribution in [0.25, 0.3) is 10.2 Å². The van der Waals surface area contributed by atoms with Crippen molar-refractivity contribution in [3.05, 3.63) is 24.3 Å². The number of nitrogens with one attached hydrogen (secondary N) is 2. The number of anilines is 1. The number of fused-ring (bicyclic) bond motifs is 1. The summed E-state index contributed by atoms with van der Waals surface area (Å²) in [6, 6.07) is 8.07. The molecule has 2 aliphatic rings. The molecule has 0 saturated carbocycles. The van der Waals surface area contributed by atoms with Gasteiger partial charge in [-0.3, -0.25) is 0 Å². The van der Waals surface area contributed by atoms with Crippen LogP contribution in [0, 0.1) is 5.41 Å². The van der Waals surface area contributed by atoms with Gasteiger partial charge in [-0.25, -0.2) is 9.99 Å². The van der Waals surface area contributed by atoms with Gasteiger partial charge in [-0.05, 0) is 31.3 Å². The van der Waals surface area contributed by atoms with E-state index in [4.69, 9.17) is 21.7 Å². The average molecular weight is 350 g/mol. The van der Waals surface area contributed by atoms with E-state index in [9.17, 15) is 0 Å². The molecule has 1 unspecified atom stereocenters. The van der Waals surface area contributed by atoms with Gasteiger partial charge in [0.05, 0.1) is 28.8 Å². The quantitative estimate of drug-likeness (QED) is 0.806. The second-order valence-corrected chi connectivity index (χ2v) is 7.74. The monoisotopic (exact) mass is 350 g/mol. The molecular formula is C15H18N4O2S2. The molecule has 0 amide bonds. The lowest BCUT2D eigenvalue weighted by molar-refractivity contribution is -0.182. The van der Waals surface area contributed by atoms with E-state index in [0.29, 0.717) is 25.1 Å². The molecule has 4 rings (SSSR count). The molecule has 0 bridgehead atoms. The van der Waals surface area contributed by atoms with Crippen molar-refractivity contribution in [1.29, 1.82) is 0 Å². The zero-order valence-corrected chi connectivity index (χ0v) is 14.6. The van der Waals surface area contributed by atoms with Crippen molar-refractivity contribution >= 4 is 44.0 Å². The Kier molecular flexibility index (Phi) is 3.54. The Bertz CT molecular complexity index is 726. The molecule has 23 heavy (non-hydrogen) atoms. The highest BCUT2D eigenvalue weighted by atomic mass is 32.1. The maximum Gasteiger partial charge on any atom is 0.207 e. The van der Waals surface area contributed by atoms with Gasteiger partial charge < -0.3 is 14.8 Å². The molecule has 2 fully saturated rings. The third kappa shape index (κ3) is 2.41. The number of thiocarbonyl (C=S) groups is 1. The summed E-state index contributed by atoms with van der Waals surface area (Å²) in [6.07, 6.45) is 0. The molecule has 1 aromatic carbocycles. The maximum absolute atomic E-state index is 5.53. The lowest BCUT2D eigenvalue weighted by Crippen LogP contribution is -2.64. The van der Waals surface area contributed by atoms with Gasteiger partial charge in [-0.2, -0.15) is 5.43 Å². The molecule has 0 radical (unpaired) electrons. The Labute approximate surface area is 143 Å². The predicted molar refractivity (Wildman–Crippen MR) is 94.3 cm³/mol. The number of aromatic nitrogens is 1. The van der Waals surface area contributed by atoms with Crippen molar-refractivity contribution < 1.29 is 9.47 Å². The van der Waals surface area contributed by atoms with Gasteiger partial charge in [0.2, 0.25) is 5.13 Å². The summed E-state index contributed by atoms with van der Waals surface area (Å²) in [7, 11) is 0. The maximum atomic E-state index is 5.53. The largest absolute Gasteiger partial charge is 0.355 e. The van der Waals surface area contributed by atoms with Gasteiger partial charge in [-0.1, -0.05) is 30.4 Å². The van der Waals surface area contributed by atoms with E-state index in [1.807, 2.05) is 23.2 Å². The topological polar surface area (TPSA) is 58.7 Å². The number of ether oxygens (including phenoxy) is 2. The van der Waals surface area contributed by atoms with Crippen LogP contribution in [0.5, 0.6) is 0 Å². The fourth-order valence-electron chi connectivity index (χ4n) is 2.87. The van der Waals surface area contributed by atoms with Crippen LogP contribution in [-0.4, -0.2) is 35.8 Å². The summed E-state index contributed by atoms with van der Waals surface area (Å²) in [5, 5.41) is 6.67. The molecule has 2 N–H and O–H groups in total. The van der Waals surface area contributed by atoms with Crippen molar-refractivity contribution in [2.75, 3.05) is 25.0 Å². The van der Waals surface area contributed by atoms with Crippen LogP contribution in [0.1, 0.15) is 13.8 Å². The number of hydrazine groups is 1. The number of para-hydroxylation sites is 1. The summed E-state index contributed by atoms with van der Waals surface area (Å²) in [4.78, 5) is 4.67. The highest BCUT2D eigenvalue weighted by Crippen LogP contribution is 2.37. The SMILES string of the molecule is CC1(C2(C)NC(=S)N(c3nc4ccccc4s3)N2)COCOC1. The molecule has 2 aromatic rings. The molecule has 1 atom stereocenters. The molecule has 6 nitrogen and oxygen atoms in total. The highest BCUT2D eigenvalue weighted by molar-refractivity contribution is 7.80. The Balaban J connectivity index is 1.65. The van der Waals surface area contributed by atoms with Crippen LogP contribution in [0.4, 0.5) is 5.13 Å². The number of nitrogens with zero attached hydrogens (tertiary/aromatic N) is 2. The van der Waals surface area contributed by atoms with Gasteiger partial charge in [0.1, 0.15) is 12.5 Å². The number of hydrogen-bond donors (Lipinski definition) is 2. The normalized spacial score (nSPS) is 27.4. The van der Waals surface area contributed by atoms with Crippen LogP contribution < -0.4 is 15.8 Å². The van der Waals surface area contributed by atoms with E-state index in [2.05, 4.69) is 35.6 Å². The Morgan fingerprint density at radius 3 is 2.74 bits per heavy atom. The van der Waals surface area contributed by atoms with Crippen LogP contribution in [0.3, 0.4) is 0 Å². The summed E-state index contributed by atoms with van der Waals surface area (Å²) in [5.41, 5.74) is 3.73. The summed E-state index contributed by atoms with van der Waals surface area (Å²) < 4.78 is 12.2. The zero-order valence-electron chi connectivity index (χ0n) is 13.0. The van der Waals surface area contributed by atoms with Gasteiger partial charge in [0.25, 0.3) is 0 Å². The summed E-state index contributed by atoms with van der Waals surface area (Å²) >= 11 is 7.14. The summed E-state index contributed by atoms with van der Waals surface area (Å²) in [6.45, 7) is 5.73. The lowest BCUT2D eigenvalue weighted by Gasteiger charge is -2.45. The summed E-state index contributed by atoms with van der Waals surface area (Å²) in [5.74, 6) is 0. The standard InChI is InChI=1S/C15H18N4O2S2/c1-14(7-20-9-21-8-14)15(2)17-12(22)19(18-15)13-16-10-5-3-4-6-11(10)23-13/h3-6,18H,7-9H2,1-2H3,(H,17,22). The smallest absolute Gasteiger partial charge is 0.207 e. The van der Waals surface area contributed by atoms with Gasteiger partial charge in [0, 0.05) is 0 Å². The molecule has 122 valence electrons. The van der Waals surface area contributed by atoms with E-state index in [0.717, 1.165) is 15.3 Å². The van der Waals surface area contributed by atoms with E-state index < -0.39 is 5.66 Å². The zero-order chi connectivity index (χ0) is 16.1. The lowest BCUT2D eigenvalue weighted by atomic mass is 9.79. The first-order chi connectivity index (χ1) is 11.0. The second-order valence-electron chi connectivity index (χ2n) is 6.34. The number of benzene rings is 1. The van der Waals surface area contributed by atoms with Gasteiger partial charge in [-0.15, -0.1) is 0 Å². The second kappa shape index (κ2) is 5.35. The predicted octanol–water partition coefficient (Wildman–Crippen LogP) is 2.22. The van der Waals surface area contributed by atoms with Crippen molar-refractivity contribution in [3.63, 3.8) is 0 Å². The van der Waals surface area contributed by atoms with Crippen LogP contribution >= 0.6 is 23.6 Å². The first-order valence-electron chi connectivity index (χ1n) is 7.42. The van der Waals surface area contributed by atoms with Crippen LogP contribution in [0.2, 0.25) is 0 Å². The van der Waals surface area contributed by atoms with E-state index in [-0.39, 0.29) is 5.41 Å². The molecule has 1 aromatic heterocycles.